The van der Waals surface area contributed by atoms with Crippen LogP contribution in [0.2, 0.25) is 0 Å². The number of carbonyl (C=O) groups is 1. The van der Waals surface area contributed by atoms with Crippen LogP contribution in [0.5, 0.6) is 0 Å². The van der Waals surface area contributed by atoms with Gasteiger partial charge in [0.15, 0.2) is 0 Å². The van der Waals surface area contributed by atoms with Gasteiger partial charge in [0.1, 0.15) is 17.4 Å². The fraction of sp³-hybridized carbons (Fsp3) is 0.455. The van der Waals surface area contributed by atoms with Crippen molar-refractivity contribution in [3.05, 3.63) is 53.3 Å². The van der Waals surface area contributed by atoms with E-state index in [2.05, 4.69) is 43.2 Å². The van der Waals surface area contributed by atoms with E-state index in [-0.39, 0.29) is 11.9 Å². The number of furan rings is 1. The van der Waals surface area contributed by atoms with E-state index >= 15 is 0 Å². The van der Waals surface area contributed by atoms with Crippen LogP contribution in [0.3, 0.4) is 0 Å². The van der Waals surface area contributed by atoms with E-state index in [1.165, 1.54) is 11.1 Å². The number of nitrogens with zero attached hydrogens (tertiary/aromatic N) is 3. The molecule has 1 saturated heterocycles. The van der Waals surface area contributed by atoms with Crippen LogP contribution in [0, 0.1) is 6.92 Å². The van der Waals surface area contributed by atoms with E-state index in [0.717, 1.165) is 35.4 Å². The number of aryl methyl sites for hydroxylation is 2. The minimum absolute atomic E-state index is 0.0483. The third-order valence-corrected chi connectivity index (χ3v) is 5.73. The first-order chi connectivity index (χ1) is 13.5. The van der Waals surface area contributed by atoms with Crippen molar-refractivity contribution in [2.75, 3.05) is 19.6 Å². The Morgan fingerprint density at radius 3 is 2.93 bits per heavy atom. The molecule has 3 aromatic rings. The zero-order chi connectivity index (χ0) is 19.8. The van der Waals surface area contributed by atoms with E-state index in [4.69, 9.17) is 4.42 Å². The lowest BCUT2D eigenvalue weighted by atomic mass is 9.95. The number of imidazole rings is 1. The summed E-state index contributed by atoms with van der Waals surface area (Å²) in [6.07, 6.45) is 5.79. The summed E-state index contributed by atoms with van der Waals surface area (Å²) in [5.74, 6) is 1.46. The first-order valence-corrected chi connectivity index (χ1v) is 9.93. The van der Waals surface area contributed by atoms with Crippen LogP contribution in [0.1, 0.15) is 48.3 Å². The number of rotatable bonds is 4. The van der Waals surface area contributed by atoms with Gasteiger partial charge in [0.05, 0.1) is 12.7 Å². The fourth-order valence-electron chi connectivity index (χ4n) is 4.20. The summed E-state index contributed by atoms with van der Waals surface area (Å²) < 4.78 is 7.76. The standard InChI is InChI=1S/C22H28N4O2/c1-14(2)17-11-18-16(13-28-20(18)9-15(17)3)10-21(27)26-8-5-23-12-19(26)22-24-6-7-25(22)4/h6-7,9,11,13-14,19,23H,5,8,10,12H2,1-4H3. The first kappa shape index (κ1) is 18.7. The topological polar surface area (TPSA) is 63.3 Å². The molecule has 0 aliphatic carbocycles. The van der Waals surface area contributed by atoms with Crippen molar-refractivity contribution in [2.24, 2.45) is 7.05 Å². The number of aromatic nitrogens is 2. The van der Waals surface area contributed by atoms with E-state index in [0.29, 0.717) is 18.9 Å². The molecule has 4 rings (SSSR count). The van der Waals surface area contributed by atoms with Crippen LogP contribution < -0.4 is 5.32 Å². The molecule has 3 heterocycles. The number of hydrogen-bond donors (Lipinski definition) is 1. The summed E-state index contributed by atoms with van der Waals surface area (Å²) in [7, 11) is 1.97. The summed E-state index contributed by atoms with van der Waals surface area (Å²) in [5, 5.41) is 4.43. The maximum Gasteiger partial charge on any atom is 0.227 e. The van der Waals surface area contributed by atoms with Crippen molar-refractivity contribution in [3.63, 3.8) is 0 Å². The Bertz CT molecular complexity index is 1000. The number of piperazine rings is 1. The maximum absolute atomic E-state index is 13.2. The van der Waals surface area contributed by atoms with E-state index < -0.39 is 0 Å². The lowest BCUT2D eigenvalue weighted by Gasteiger charge is -2.35. The number of fused-ring (bicyclic) bond motifs is 1. The number of hydrogen-bond acceptors (Lipinski definition) is 4. The molecule has 28 heavy (non-hydrogen) atoms. The van der Waals surface area contributed by atoms with E-state index in [9.17, 15) is 4.79 Å². The zero-order valence-corrected chi connectivity index (χ0v) is 17.0. The quantitative estimate of drug-likeness (QED) is 0.754. The maximum atomic E-state index is 13.2. The van der Waals surface area contributed by atoms with Crippen LogP contribution in [0.15, 0.2) is 35.2 Å². The van der Waals surface area contributed by atoms with Crippen LogP contribution in [-0.4, -0.2) is 40.0 Å². The van der Waals surface area contributed by atoms with E-state index in [1.54, 1.807) is 12.5 Å². The largest absolute Gasteiger partial charge is 0.464 e. The Morgan fingerprint density at radius 1 is 1.39 bits per heavy atom. The second-order valence-electron chi connectivity index (χ2n) is 8.00. The smallest absolute Gasteiger partial charge is 0.227 e. The van der Waals surface area contributed by atoms with Crippen LogP contribution >= 0.6 is 0 Å². The average Bonchev–Trinajstić information content (AvgIpc) is 3.26. The van der Waals surface area contributed by atoms with Gasteiger partial charge in [-0.05, 0) is 36.1 Å². The summed E-state index contributed by atoms with van der Waals surface area (Å²) >= 11 is 0. The Labute approximate surface area is 165 Å². The van der Waals surface area contributed by atoms with Gasteiger partial charge < -0.3 is 19.2 Å². The minimum atomic E-state index is -0.0483. The van der Waals surface area contributed by atoms with Crippen LogP contribution in [0.25, 0.3) is 11.0 Å². The van der Waals surface area contributed by atoms with Gasteiger partial charge in [-0.2, -0.15) is 0 Å². The molecule has 1 atom stereocenters. The molecule has 6 heteroatoms. The van der Waals surface area contributed by atoms with Crippen molar-refractivity contribution in [3.8, 4) is 0 Å². The number of amides is 1. The van der Waals surface area contributed by atoms with Crippen molar-refractivity contribution in [1.29, 1.82) is 0 Å². The van der Waals surface area contributed by atoms with Crippen molar-refractivity contribution >= 4 is 16.9 Å². The van der Waals surface area contributed by atoms with Gasteiger partial charge in [-0.1, -0.05) is 13.8 Å². The third-order valence-electron chi connectivity index (χ3n) is 5.73. The number of nitrogens with one attached hydrogen (secondary N) is 1. The highest BCUT2D eigenvalue weighted by Crippen LogP contribution is 2.30. The van der Waals surface area contributed by atoms with Gasteiger partial charge >= 0.3 is 0 Å². The molecule has 0 saturated carbocycles. The molecule has 1 aromatic carbocycles. The third kappa shape index (κ3) is 3.33. The Morgan fingerprint density at radius 2 is 2.21 bits per heavy atom. The van der Waals surface area contributed by atoms with Crippen molar-refractivity contribution in [2.45, 2.75) is 39.2 Å². The summed E-state index contributed by atoms with van der Waals surface area (Å²) in [5.41, 5.74) is 4.34. The Kier molecular flexibility index (Phi) is 4.98. The molecule has 0 bridgehead atoms. The molecule has 6 nitrogen and oxygen atoms in total. The molecule has 1 aliphatic heterocycles. The Balaban J connectivity index is 1.62. The lowest BCUT2D eigenvalue weighted by molar-refractivity contribution is -0.134. The van der Waals surface area contributed by atoms with Gasteiger partial charge in [-0.15, -0.1) is 0 Å². The average molecular weight is 380 g/mol. The highest BCUT2D eigenvalue weighted by Gasteiger charge is 2.30. The normalized spacial score (nSPS) is 17.6. The molecule has 1 unspecified atom stereocenters. The molecule has 1 N–H and O–H groups in total. The molecule has 1 fully saturated rings. The Hall–Kier alpha value is -2.60. The first-order valence-electron chi connectivity index (χ1n) is 9.93. The fourth-order valence-corrected chi connectivity index (χ4v) is 4.20. The monoisotopic (exact) mass is 380 g/mol. The molecule has 2 aromatic heterocycles. The minimum Gasteiger partial charge on any atom is -0.464 e. The molecular weight excluding hydrogens is 352 g/mol. The number of carbonyl (C=O) groups excluding carboxylic acids is 1. The van der Waals surface area contributed by atoms with Gasteiger partial charge in [0, 0.05) is 50.0 Å². The highest BCUT2D eigenvalue weighted by atomic mass is 16.3. The second-order valence-corrected chi connectivity index (χ2v) is 8.00. The molecule has 0 spiro atoms. The lowest BCUT2D eigenvalue weighted by Crippen LogP contribution is -2.49. The summed E-state index contributed by atoms with van der Waals surface area (Å²) in [6, 6.07) is 4.23. The SMILES string of the molecule is Cc1cc2occ(CC(=O)N3CCNCC3c3nccn3C)c2cc1C(C)C. The predicted octanol–water partition coefficient (Wildman–Crippen LogP) is 3.31. The van der Waals surface area contributed by atoms with Crippen LogP contribution in [-0.2, 0) is 18.3 Å². The van der Waals surface area contributed by atoms with Gasteiger partial charge in [-0.25, -0.2) is 4.98 Å². The van der Waals surface area contributed by atoms with Crippen molar-refractivity contribution in [1.82, 2.24) is 19.8 Å². The molecular formula is C22H28N4O2. The summed E-state index contributed by atoms with van der Waals surface area (Å²) in [4.78, 5) is 19.7. The predicted molar refractivity (Wildman–Crippen MR) is 109 cm³/mol. The van der Waals surface area contributed by atoms with Gasteiger partial charge in [0.2, 0.25) is 5.91 Å². The molecule has 1 amide bonds. The molecule has 1 aliphatic rings. The van der Waals surface area contributed by atoms with Crippen molar-refractivity contribution < 1.29 is 9.21 Å². The molecule has 0 radical (unpaired) electrons. The molecule has 148 valence electrons. The second kappa shape index (κ2) is 7.43. The summed E-state index contributed by atoms with van der Waals surface area (Å²) in [6.45, 7) is 8.70. The van der Waals surface area contributed by atoms with Gasteiger partial charge in [0.25, 0.3) is 0 Å². The zero-order valence-electron chi connectivity index (χ0n) is 17.0. The highest BCUT2D eigenvalue weighted by molar-refractivity contribution is 5.88. The van der Waals surface area contributed by atoms with Gasteiger partial charge in [-0.3, -0.25) is 4.79 Å². The number of benzene rings is 1. The van der Waals surface area contributed by atoms with Crippen LogP contribution in [0.4, 0.5) is 0 Å². The van der Waals surface area contributed by atoms with E-state index in [1.807, 2.05) is 22.7 Å².